The number of rotatable bonds is 3. The highest BCUT2D eigenvalue weighted by Crippen LogP contribution is 2.36. The number of fused-ring (bicyclic) bond motifs is 1. The standard InChI is InChI=1S/C17H13Cl2NO2/c1-21-14-5-3-13(4-6-14)20-9-11-10-22-16-7-2-12(18)8-15(16)17(11)19/h2-9H,10H2,1H3. The molecule has 1 aliphatic heterocycles. The van der Waals surface area contributed by atoms with Gasteiger partial charge >= 0.3 is 0 Å². The molecule has 112 valence electrons. The van der Waals surface area contributed by atoms with Crippen molar-refractivity contribution in [2.75, 3.05) is 13.7 Å². The Morgan fingerprint density at radius 2 is 1.91 bits per heavy atom. The van der Waals surface area contributed by atoms with Gasteiger partial charge in [0.25, 0.3) is 0 Å². The molecule has 0 radical (unpaired) electrons. The zero-order chi connectivity index (χ0) is 15.5. The van der Waals surface area contributed by atoms with Gasteiger partial charge < -0.3 is 9.47 Å². The van der Waals surface area contributed by atoms with Gasteiger partial charge in [-0.3, -0.25) is 4.99 Å². The highest BCUT2D eigenvalue weighted by atomic mass is 35.5. The summed E-state index contributed by atoms with van der Waals surface area (Å²) in [7, 11) is 1.63. The van der Waals surface area contributed by atoms with E-state index in [-0.39, 0.29) is 0 Å². The summed E-state index contributed by atoms with van der Waals surface area (Å²) in [6.07, 6.45) is 1.72. The van der Waals surface area contributed by atoms with E-state index in [1.807, 2.05) is 30.3 Å². The Bertz CT molecular complexity index is 752. The Labute approximate surface area is 138 Å². The summed E-state index contributed by atoms with van der Waals surface area (Å²) in [4.78, 5) is 4.42. The number of hydrogen-bond donors (Lipinski definition) is 0. The molecule has 5 heteroatoms. The van der Waals surface area contributed by atoms with E-state index in [1.165, 1.54) is 0 Å². The summed E-state index contributed by atoms with van der Waals surface area (Å²) in [5.41, 5.74) is 2.42. The van der Waals surface area contributed by atoms with Gasteiger partial charge in [0, 0.05) is 22.4 Å². The summed E-state index contributed by atoms with van der Waals surface area (Å²) in [5, 5.41) is 1.23. The number of methoxy groups -OCH3 is 1. The quantitative estimate of drug-likeness (QED) is 0.732. The van der Waals surface area contributed by atoms with E-state index in [0.29, 0.717) is 16.7 Å². The summed E-state index contributed by atoms with van der Waals surface area (Å²) in [6, 6.07) is 12.8. The van der Waals surface area contributed by atoms with Crippen LogP contribution in [-0.2, 0) is 0 Å². The van der Waals surface area contributed by atoms with E-state index in [0.717, 1.165) is 28.3 Å². The molecule has 2 aromatic carbocycles. The van der Waals surface area contributed by atoms with Crippen molar-refractivity contribution in [1.29, 1.82) is 0 Å². The molecule has 0 saturated carbocycles. The first-order chi connectivity index (χ1) is 10.7. The van der Waals surface area contributed by atoms with Crippen molar-refractivity contribution in [3.8, 4) is 11.5 Å². The van der Waals surface area contributed by atoms with Gasteiger partial charge in [0.1, 0.15) is 18.1 Å². The molecule has 0 unspecified atom stereocenters. The van der Waals surface area contributed by atoms with Crippen molar-refractivity contribution < 1.29 is 9.47 Å². The van der Waals surface area contributed by atoms with Gasteiger partial charge in [0.05, 0.1) is 17.8 Å². The first-order valence-corrected chi connectivity index (χ1v) is 7.42. The van der Waals surface area contributed by atoms with Crippen LogP contribution in [-0.4, -0.2) is 19.9 Å². The minimum absolute atomic E-state index is 0.382. The number of nitrogens with zero attached hydrogens (tertiary/aromatic N) is 1. The van der Waals surface area contributed by atoms with E-state index in [9.17, 15) is 0 Å². The van der Waals surface area contributed by atoms with Crippen LogP contribution in [0.5, 0.6) is 11.5 Å². The number of halogens is 2. The second-order valence-electron chi connectivity index (χ2n) is 4.72. The molecule has 2 aromatic rings. The Morgan fingerprint density at radius 3 is 2.64 bits per heavy atom. The van der Waals surface area contributed by atoms with Crippen molar-refractivity contribution in [3.63, 3.8) is 0 Å². The average molecular weight is 334 g/mol. The fourth-order valence-corrected chi connectivity index (χ4v) is 2.53. The largest absolute Gasteiger partial charge is 0.497 e. The minimum atomic E-state index is 0.382. The van der Waals surface area contributed by atoms with Crippen LogP contribution < -0.4 is 9.47 Å². The van der Waals surface area contributed by atoms with E-state index in [1.54, 1.807) is 25.5 Å². The third-order valence-electron chi connectivity index (χ3n) is 3.29. The molecule has 0 spiro atoms. The Hall–Kier alpha value is -1.97. The first-order valence-electron chi connectivity index (χ1n) is 6.67. The van der Waals surface area contributed by atoms with Crippen molar-refractivity contribution in [2.24, 2.45) is 4.99 Å². The zero-order valence-corrected chi connectivity index (χ0v) is 13.4. The maximum absolute atomic E-state index is 6.43. The van der Waals surface area contributed by atoms with Gasteiger partial charge in [0.2, 0.25) is 0 Å². The summed E-state index contributed by atoms with van der Waals surface area (Å²) in [6.45, 7) is 0.382. The van der Waals surface area contributed by atoms with Crippen LogP contribution in [0.25, 0.3) is 5.03 Å². The molecule has 0 aromatic heterocycles. The molecule has 3 nitrogen and oxygen atoms in total. The highest BCUT2D eigenvalue weighted by molar-refractivity contribution is 6.51. The molecule has 0 fully saturated rings. The average Bonchev–Trinajstić information content (AvgIpc) is 2.55. The van der Waals surface area contributed by atoms with Gasteiger partial charge in [-0.15, -0.1) is 0 Å². The second-order valence-corrected chi connectivity index (χ2v) is 5.54. The molecule has 0 atom stereocenters. The number of ether oxygens (including phenoxy) is 2. The first kappa shape index (κ1) is 14.9. The Balaban J connectivity index is 1.88. The van der Waals surface area contributed by atoms with Crippen LogP contribution in [0.3, 0.4) is 0 Å². The predicted molar refractivity (Wildman–Crippen MR) is 90.9 cm³/mol. The minimum Gasteiger partial charge on any atom is -0.497 e. The molecule has 0 aliphatic carbocycles. The lowest BCUT2D eigenvalue weighted by atomic mass is 10.1. The number of aliphatic imine (C=N–C) groups is 1. The lowest BCUT2D eigenvalue weighted by Gasteiger charge is -2.18. The molecule has 3 rings (SSSR count). The zero-order valence-electron chi connectivity index (χ0n) is 11.8. The predicted octanol–water partition coefficient (Wildman–Crippen LogP) is 5.09. The molecular formula is C17H13Cl2NO2. The fourth-order valence-electron chi connectivity index (χ4n) is 2.11. The van der Waals surface area contributed by atoms with Crippen molar-refractivity contribution >= 4 is 40.1 Å². The molecular weight excluding hydrogens is 321 g/mol. The topological polar surface area (TPSA) is 30.8 Å². The van der Waals surface area contributed by atoms with E-state index in [2.05, 4.69) is 4.99 Å². The molecule has 0 N–H and O–H groups in total. The van der Waals surface area contributed by atoms with E-state index < -0.39 is 0 Å². The van der Waals surface area contributed by atoms with Gasteiger partial charge in [0.15, 0.2) is 0 Å². The van der Waals surface area contributed by atoms with Crippen LogP contribution in [0.1, 0.15) is 5.56 Å². The molecule has 1 aliphatic rings. The van der Waals surface area contributed by atoms with Crippen LogP contribution >= 0.6 is 23.2 Å². The fraction of sp³-hybridized carbons (Fsp3) is 0.118. The third-order valence-corrected chi connectivity index (χ3v) is 3.97. The van der Waals surface area contributed by atoms with E-state index in [4.69, 9.17) is 32.7 Å². The van der Waals surface area contributed by atoms with Crippen LogP contribution in [0, 0.1) is 0 Å². The van der Waals surface area contributed by atoms with Crippen LogP contribution in [0.15, 0.2) is 53.0 Å². The van der Waals surface area contributed by atoms with Crippen LogP contribution in [0.4, 0.5) is 5.69 Å². The van der Waals surface area contributed by atoms with Gasteiger partial charge in [-0.1, -0.05) is 23.2 Å². The molecule has 1 heterocycles. The molecule has 0 bridgehead atoms. The smallest absolute Gasteiger partial charge is 0.128 e. The summed E-state index contributed by atoms with van der Waals surface area (Å²) >= 11 is 12.4. The second kappa shape index (κ2) is 6.42. The van der Waals surface area contributed by atoms with Gasteiger partial charge in [-0.05, 0) is 42.5 Å². The number of hydrogen-bond acceptors (Lipinski definition) is 3. The Morgan fingerprint density at radius 1 is 1.14 bits per heavy atom. The third kappa shape index (κ3) is 3.11. The molecule has 22 heavy (non-hydrogen) atoms. The van der Waals surface area contributed by atoms with E-state index >= 15 is 0 Å². The van der Waals surface area contributed by atoms with Gasteiger partial charge in [-0.2, -0.15) is 0 Å². The number of benzene rings is 2. The molecule has 0 saturated heterocycles. The monoisotopic (exact) mass is 333 g/mol. The Kier molecular flexibility index (Phi) is 4.36. The van der Waals surface area contributed by atoms with Gasteiger partial charge in [-0.25, -0.2) is 0 Å². The van der Waals surface area contributed by atoms with Crippen LogP contribution in [0.2, 0.25) is 5.02 Å². The normalized spacial score (nSPS) is 14.0. The summed E-state index contributed by atoms with van der Waals surface area (Å²) < 4.78 is 10.8. The van der Waals surface area contributed by atoms with Crippen molar-refractivity contribution in [2.45, 2.75) is 0 Å². The van der Waals surface area contributed by atoms with Crippen molar-refractivity contribution in [1.82, 2.24) is 0 Å². The SMILES string of the molecule is COc1ccc(N=CC2=C(Cl)c3cc(Cl)ccc3OC2)cc1. The maximum Gasteiger partial charge on any atom is 0.128 e. The van der Waals surface area contributed by atoms with Crippen molar-refractivity contribution in [3.05, 3.63) is 58.6 Å². The lowest BCUT2D eigenvalue weighted by Crippen LogP contribution is -2.10. The highest BCUT2D eigenvalue weighted by Gasteiger charge is 2.18. The lowest BCUT2D eigenvalue weighted by molar-refractivity contribution is 0.353. The molecule has 0 amide bonds. The maximum atomic E-state index is 6.43. The summed E-state index contributed by atoms with van der Waals surface area (Å²) in [5.74, 6) is 1.52.